The van der Waals surface area contributed by atoms with Gasteiger partial charge in [0.1, 0.15) is 17.0 Å². The molecule has 104 valence electrons. The highest BCUT2D eigenvalue weighted by atomic mass is 32.1. The molecule has 0 radical (unpaired) electrons. The Labute approximate surface area is 120 Å². The van der Waals surface area contributed by atoms with Crippen molar-refractivity contribution in [3.8, 4) is 0 Å². The van der Waals surface area contributed by atoms with Gasteiger partial charge in [0.25, 0.3) is 0 Å². The van der Waals surface area contributed by atoms with Gasteiger partial charge in [-0.25, -0.2) is 9.97 Å². The van der Waals surface area contributed by atoms with Crippen molar-refractivity contribution in [2.45, 2.75) is 13.1 Å². The summed E-state index contributed by atoms with van der Waals surface area (Å²) in [6, 6.07) is 2.03. The standard InChI is InChI=1S/C13H15N5OS/c1-19-4-3-18-8-10(7-17-18)6-14-12-11-2-5-20-13(11)16-9-15-12/h2,5,7-9H,3-4,6H2,1H3,(H,14,15,16). The summed E-state index contributed by atoms with van der Waals surface area (Å²) < 4.78 is 6.91. The third-order valence-electron chi connectivity index (χ3n) is 2.93. The first kappa shape index (κ1) is 13.0. The Hall–Kier alpha value is -1.99. The van der Waals surface area contributed by atoms with Crippen LogP contribution in [-0.4, -0.2) is 33.5 Å². The molecule has 6 nitrogen and oxygen atoms in total. The summed E-state index contributed by atoms with van der Waals surface area (Å²) in [5.41, 5.74) is 1.11. The molecule has 0 fully saturated rings. The molecule has 0 atom stereocenters. The summed E-state index contributed by atoms with van der Waals surface area (Å²) in [5.74, 6) is 0.862. The maximum Gasteiger partial charge on any atom is 0.138 e. The van der Waals surface area contributed by atoms with Crippen molar-refractivity contribution in [3.05, 3.63) is 35.7 Å². The molecule has 3 heterocycles. The number of nitrogens with zero attached hydrogens (tertiary/aromatic N) is 4. The molecule has 1 N–H and O–H groups in total. The molecule has 0 amide bonds. The fourth-order valence-electron chi connectivity index (χ4n) is 1.92. The molecule has 0 aliphatic carbocycles. The first-order chi connectivity index (χ1) is 9.86. The Kier molecular flexibility index (Phi) is 3.89. The zero-order valence-electron chi connectivity index (χ0n) is 11.1. The number of anilines is 1. The third kappa shape index (κ3) is 2.78. The van der Waals surface area contributed by atoms with Gasteiger partial charge in [-0.2, -0.15) is 5.10 Å². The highest BCUT2D eigenvalue weighted by Gasteiger charge is 2.05. The van der Waals surface area contributed by atoms with Crippen LogP contribution in [0.25, 0.3) is 10.2 Å². The summed E-state index contributed by atoms with van der Waals surface area (Å²) in [4.78, 5) is 9.52. The number of rotatable bonds is 6. The molecule has 0 saturated heterocycles. The molecule has 0 aromatic carbocycles. The van der Waals surface area contributed by atoms with Gasteiger partial charge in [-0.15, -0.1) is 11.3 Å². The number of nitrogens with one attached hydrogen (secondary N) is 1. The van der Waals surface area contributed by atoms with Crippen LogP contribution in [0.4, 0.5) is 5.82 Å². The van der Waals surface area contributed by atoms with E-state index in [-0.39, 0.29) is 0 Å². The molecular weight excluding hydrogens is 274 g/mol. The largest absolute Gasteiger partial charge is 0.383 e. The van der Waals surface area contributed by atoms with E-state index in [0.29, 0.717) is 13.2 Å². The van der Waals surface area contributed by atoms with Gasteiger partial charge in [0.2, 0.25) is 0 Å². The van der Waals surface area contributed by atoms with Crippen molar-refractivity contribution in [1.82, 2.24) is 19.7 Å². The summed E-state index contributed by atoms with van der Waals surface area (Å²) in [6.45, 7) is 2.11. The summed E-state index contributed by atoms with van der Waals surface area (Å²) in [5, 5.41) is 10.7. The van der Waals surface area contributed by atoms with Crippen LogP contribution in [0, 0.1) is 0 Å². The van der Waals surface area contributed by atoms with Crippen molar-refractivity contribution in [2.75, 3.05) is 19.0 Å². The average molecular weight is 289 g/mol. The number of ether oxygens (including phenoxy) is 1. The minimum atomic E-state index is 0.663. The second-order valence-corrected chi connectivity index (χ2v) is 5.21. The minimum Gasteiger partial charge on any atom is -0.383 e. The number of hydrogen-bond acceptors (Lipinski definition) is 6. The number of fused-ring (bicyclic) bond motifs is 1. The van der Waals surface area contributed by atoms with E-state index in [1.807, 2.05) is 28.5 Å². The lowest BCUT2D eigenvalue weighted by Crippen LogP contribution is -2.04. The van der Waals surface area contributed by atoms with Crippen LogP contribution >= 0.6 is 11.3 Å². The first-order valence-corrected chi connectivity index (χ1v) is 7.17. The van der Waals surface area contributed by atoms with Gasteiger partial charge < -0.3 is 10.1 Å². The van der Waals surface area contributed by atoms with Crippen molar-refractivity contribution in [1.29, 1.82) is 0 Å². The monoisotopic (exact) mass is 289 g/mol. The second kappa shape index (κ2) is 5.98. The van der Waals surface area contributed by atoms with Gasteiger partial charge in [-0.05, 0) is 11.4 Å². The molecule has 7 heteroatoms. The van der Waals surface area contributed by atoms with Gasteiger partial charge in [0.05, 0.1) is 24.7 Å². The zero-order chi connectivity index (χ0) is 13.8. The SMILES string of the molecule is COCCn1cc(CNc2ncnc3sccc23)cn1. The summed E-state index contributed by atoms with van der Waals surface area (Å²) >= 11 is 1.61. The third-order valence-corrected chi connectivity index (χ3v) is 3.75. The smallest absolute Gasteiger partial charge is 0.138 e. The van der Waals surface area contributed by atoms with E-state index in [1.165, 1.54) is 0 Å². The lowest BCUT2D eigenvalue weighted by molar-refractivity contribution is 0.183. The summed E-state index contributed by atoms with van der Waals surface area (Å²) in [7, 11) is 1.69. The molecule has 0 spiro atoms. The van der Waals surface area contributed by atoms with E-state index in [9.17, 15) is 0 Å². The molecule has 0 aliphatic heterocycles. The Bertz CT molecular complexity index is 693. The van der Waals surface area contributed by atoms with Crippen molar-refractivity contribution < 1.29 is 4.74 Å². The van der Waals surface area contributed by atoms with Crippen molar-refractivity contribution >= 4 is 27.4 Å². The van der Waals surface area contributed by atoms with E-state index in [4.69, 9.17) is 4.74 Å². The van der Waals surface area contributed by atoms with Crippen LogP contribution < -0.4 is 5.32 Å². The molecule has 0 bridgehead atoms. The lowest BCUT2D eigenvalue weighted by atomic mass is 10.3. The van der Waals surface area contributed by atoms with Gasteiger partial charge in [-0.3, -0.25) is 4.68 Å². The topological polar surface area (TPSA) is 64.9 Å². The fraction of sp³-hybridized carbons (Fsp3) is 0.308. The number of methoxy groups -OCH3 is 1. The maximum atomic E-state index is 5.03. The average Bonchev–Trinajstić information content (AvgIpc) is 3.11. The molecular formula is C13H15N5OS. The van der Waals surface area contributed by atoms with Crippen molar-refractivity contribution in [2.24, 2.45) is 0 Å². The zero-order valence-corrected chi connectivity index (χ0v) is 11.9. The predicted octanol–water partition coefficient (Wildman–Crippen LogP) is 2.15. The second-order valence-electron chi connectivity index (χ2n) is 4.32. The van der Waals surface area contributed by atoms with Gasteiger partial charge in [0.15, 0.2) is 0 Å². The van der Waals surface area contributed by atoms with E-state index < -0.39 is 0 Å². The van der Waals surface area contributed by atoms with Gasteiger partial charge >= 0.3 is 0 Å². The highest BCUT2D eigenvalue weighted by molar-refractivity contribution is 7.16. The van der Waals surface area contributed by atoms with Crippen molar-refractivity contribution in [3.63, 3.8) is 0 Å². The maximum absolute atomic E-state index is 5.03. The molecule has 20 heavy (non-hydrogen) atoms. The highest BCUT2D eigenvalue weighted by Crippen LogP contribution is 2.23. The minimum absolute atomic E-state index is 0.663. The van der Waals surface area contributed by atoms with E-state index >= 15 is 0 Å². The van der Waals surface area contributed by atoms with E-state index in [1.54, 1.807) is 24.8 Å². The van der Waals surface area contributed by atoms with Gasteiger partial charge in [-0.1, -0.05) is 0 Å². The molecule has 3 aromatic rings. The molecule has 0 aliphatic rings. The van der Waals surface area contributed by atoms with Crippen LogP contribution in [0.2, 0.25) is 0 Å². The molecule has 0 unspecified atom stereocenters. The molecule has 0 saturated carbocycles. The Morgan fingerprint density at radius 3 is 3.25 bits per heavy atom. The Balaban J connectivity index is 1.67. The normalized spacial score (nSPS) is 11.1. The van der Waals surface area contributed by atoms with Crippen LogP contribution in [0.1, 0.15) is 5.56 Å². The van der Waals surface area contributed by atoms with Gasteiger partial charge in [0, 0.05) is 25.4 Å². The Morgan fingerprint density at radius 1 is 1.40 bits per heavy atom. The lowest BCUT2D eigenvalue weighted by Gasteiger charge is -2.04. The number of hydrogen-bond donors (Lipinski definition) is 1. The molecule has 3 rings (SSSR count). The quantitative estimate of drug-likeness (QED) is 0.753. The Morgan fingerprint density at radius 2 is 2.35 bits per heavy atom. The van der Waals surface area contributed by atoms with Crippen LogP contribution in [0.15, 0.2) is 30.2 Å². The van der Waals surface area contributed by atoms with Crippen LogP contribution in [0.5, 0.6) is 0 Å². The number of thiophene rings is 1. The summed E-state index contributed by atoms with van der Waals surface area (Å²) in [6.07, 6.45) is 5.45. The fourth-order valence-corrected chi connectivity index (χ4v) is 2.65. The van der Waals surface area contributed by atoms with Crippen LogP contribution in [0.3, 0.4) is 0 Å². The van der Waals surface area contributed by atoms with Crippen LogP contribution in [-0.2, 0) is 17.8 Å². The first-order valence-electron chi connectivity index (χ1n) is 6.29. The van der Waals surface area contributed by atoms with E-state index in [0.717, 1.165) is 28.1 Å². The van der Waals surface area contributed by atoms with E-state index in [2.05, 4.69) is 20.4 Å². The molecule has 3 aromatic heterocycles. The predicted molar refractivity (Wildman–Crippen MR) is 78.8 cm³/mol. The number of aromatic nitrogens is 4.